The minimum atomic E-state index is -0.951. The minimum absolute atomic E-state index is 0.0470. The number of aliphatic carboxylic acids is 1. The standard InChI is InChI=1S/C15H28N2O3/c1-6-10(2)16(9-14(18)19)15(20)13(5)17-11(3)7-8-12(17)4/h10-13H,6-9H2,1-5H3,(H,18,19). The number of hydrogen-bond donors (Lipinski definition) is 1. The van der Waals surface area contributed by atoms with Crippen LogP contribution in [-0.2, 0) is 9.59 Å². The molecule has 1 saturated heterocycles. The summed E-state index contributed by atoms with van der Waals surface area (Å²) in [5, 5.41) is 9.02. The Hall–Kier alpha value is -1.10. The van der Waals surface area contributed by atoms with E-state index in [4.69, 9.17) is 5.11 Å². The molecule has 5 nitrogen and oxygen atoms in total. The summed E-state index contributed by atoms with van der Waals surface area (Å²) >= 11 is 0. The summed E-state index contributed by atoms with van der Waals surface area (Å²) in [6.45, 7) is 9.84. The van der Waals surface area contributed by atoms with Gasteiger partial charge in [0.05, 0.1) is 6.04 Å². The first-order valence-corrected chi connectivity index (χ1v) is 7.59. The number of nitrogens with zero attached hydrogens (tertiary/aromatic N) is 2. The van der Waals surface area contributed by atoms with Crippen LogP contribution in [0.3, 0.4) is 0 Å². The first-order valence-electron chi connectivity index (χ1n) is 7.59. The van der Waals surface area contributed by atoms with Gasteiger partial charge in [-0.05, 0) is 47.0 Å². The topological polar surface area (TPSA) is 60.9 Å². The lowest BCUT2D eigenvalue weighted by Crippen LogP contribution is -2.53. The molecule has 0 saturated carbocycles. The molecule has 1 fully saturated rings. The van der Waals surface area contributed by atoms with Crippen molar-refractivity contribution in [1.29, 1.82) is 0 Å². The van der Waals surface area contributed by atoms with Crippen LogP contribution in [0.5, 0.6) is 0 Å². The Balaban J connectivity index is 2.85. The highest BCUT2D eigenvalue weighted by molar-refractivity contribution is 5.85. The maximum Gasteiger partial charge on any atom is 0.323 e. The number of amides is 1. The van der Waals surface area contributed by atoms with Gasteiger partial charge in [-0.25, -0.2) is 0 Å². The fourth-order valence-electron chi connectivity index (χ4n) is 3.16. The van der Waals surface area contributed by atoms with Crippen molar-refractivity contribution in [2.75, 3.05) is 6.54 Å². The first-order chi connectivity index (χ1) is 9.29. The molecule has 1 aliphatic rings. The van der Waals surface area contributed by atoms with Crippen LogP contribution < -0.4 is 0 Å². The van der Waals surface area contributed by atoms with Gasteiger partial charge in [0.15, 0.2) is 0 Å². The minimum Gasteiger partial charge on any atom is -0.480 e. The zero-order valence-corrected chi connectivity index (χ0v) is 13.3. The van der Waals surface area contributed by atoms with Crippen molar-refractivity contribution >= 4 is 11.9 Å². The fraction of sp³-hybridized carbons (Fsp3) is 0.867. The van der Waals surface area contributed by atoms with E-state index in [0.717, 1.165) is 19.3 Å². The second-order valence-corrected chi connectivity index (χ2v) is 6.02. The second kappa shape index (κ2) is 7.07. The summed E-state index contributed by atoms with van der Waals surface area (Å²) in [5.41, 5.74) is 0. The van der Waals surface area contributed by atoms with E-state index in [9.17, 15) is 9.59 Å². The van der Waals surface area contributed by atoms with Crippen molar-refractivity contribution in [2.45, 2.75) is 78.0 Å². The molecular formula is C15H28N2O3. The Kier molecular flexibility index (Phi) is 5.99. The highest BCUT2D eigenvalue weighted by Gasteiger charge is 2.37. The Morgan fingerprint density at radius 3 is 2.15 bits per heavy atom. The third-order valence-corrected chi connectivity index (χ3v) is 4.54. The Bertz CT molecular complexity index is 349. The number of carboxylic acid groups (broad SMARTS) is 1. The lowest BCUT2D eigenvalue weighted by atomic mass is 10.1. The lowest BCUT2D eigenvalue weighted by Gasteiger charge is -2.36. The number of hydrogen-bond acceptors (Lipinski definition) is 3. The number of rotatable bonds is 6. The van der Waals surface area contributed by atoms with Gasteiger partial charge in [-0.2, -0.15) is 0 Å². The van der Waals surface area contributed by atoms with Crippen LogP contribution in [-0.4, -0.2) is 57.5 Å². The first kappa shape index (κ1) is 17.0. The average molecular weight is 284 g/mol. The number of likely N-dealkylation sites (tertiary alicyclic amines) is 1. The summed E-state index contributed by atoms with van der Waals surface area (Å²) in [5.74, 6) is -1.02. The van der Waals surface area contributed by atoms with E-state index in [-0.39, 0.29) is 24.5 Å². The maximum atomic E-state index is 12.7. The van der Waals surface area contributed by atoms with Crippen LogP contribution in [0.4, 0.5) is 0 Å². The Labute approximate surface area is 121 Å². The van der Waals surface area contributed by atoms with E-state index in [1.54, 1.807) is 0 Å². The molecule has 0 spiro atoms. The molecule has 116 valence electrons. The number of carbonyl (C=O) groups excluding carboxylic acids is 1. The van der Waals surface area contributed by atoms with Crippen molar-refractivity contribution in [2.24, 2.45) is 0 Å². The molecule has 5 heteroatoms. The van der Waals surface area contributed by atoms with Crippen molar-refractivity contribution in [3.8, 4) is 0 Å². The van der Waals surface area contributed by atoms with E-state index in [1.807, 2.05) is 20.8 Å². The fourth-order valence-corrected chi connectivity index (χ4v) is 3.16. The monoisotopic (exact) mass is 284 g/mol. The number of carbonyl (C=O) groups is 2. The third-order valence-electron chi connectivity index (χ3n) is 4.54. The molecule has 0 aromatic heterocycles. The van der Waals surface area contributed by atoms with Gasteiger partial charge in [-0.3, -0.25) is 14.5 Å². The predicted molar refractivity (Wildman–Crippen MR) is 78.6 cm³/mol. The largest absolute Gasteiger partial charge is 0.480 e. The van der Waals surface area contributed by atoms with Crippen LogP contribution in [0.1, 0.15) is 53.9 Å². The molecule has 0 radical (unpaired) electrons. The molecule has 0 aliphatic carbocycles. The van der Waals surface area contributed by atoms with Crippen molar-refractivity contribution in [1.82, 2.24) is 9.80 Å². The van der Waals surface area contributed by atoms with E-state index < -0.39 is 5.97 Å². The molecule has 4 atom stereocenters. The molecule has 1 heterocycles. The molecule has 0 aromatic carbocycles. The molecular weight excluding hydrogens is 256 g/mol. The second-order valence-electron chi connectivity index (χ2n) is 6.02. The molecule has 0 bridgehead atoms. The van der Waals surface area contributed by atoms with Gasteiger partial charge in [0.2, 0.25) is 5.91 Å². The van der Waals surface area contributed by atoms with Crippen LogP contribution in [0, 0.1) is 0 Å². The zero-order valence-electron chi connectivity index (χ0n) is 13.3. The summed E-state index contributed by atoms with van der Waals surface area (Å²) in [4.78, 5) is 27.4. The normalized spacial score (nSPS) is 26.2. The lowest BCUT2D eigenvalue weighted by molar-refractivity contribution is -0.149. The van der Waals surface area contributed by atoms with Gasteiger partial charge < -0.3 is 10.0 Å². The molecule has 1 rings (SSSR count). The SMILES string of the molecule is CCC(C)N(CC(=O)O)C(=O)C(C)N1C(C)CCC1C. The molecule has 1 amide bonds. The van der Waals surface area contributed by atoms with Crippen LogP contribution >= 0.6 is 0 Å². The van der Waals surface area contributed by atoms with E-state index in [1.165, 1.54) is 4.90 Å². The van der Waals surface area contributed by atoms with Gasteiger partial charge in [-0.15, -0.1) is 0 Å². The number of carboxylic acids is 1. The quantitative estimate of drug-likeness (QED) is 0.810. The van der Waals surface area contributed by atoms with Crippen molar-refractivity contribution in [3.05, 3.63) is 0 Å². The third kappa shape index (κ3) is 3.72. The summed E-state index contributed by atoms with van der Waals surface area (Å²) in [6, 6.07) is 0.463. The van der Waals surface area contributed by atoms with Gasteiger partial charge in [0, 0.05) is 18.1 Å². The van der Waals surface area contributed by atoms with Crippen LogP contribution in [0.15, 0.2) is 0 Å². The van der Waals surface area contributed by atoms with Crippen molar-refractivity contribution < 1.29 is 14.7 Å². The van der Waals surface area contributed by atoms with Crippen LogP contribution in [0.2, 0.25) is 0 Å². The van der Waals surface area contributed by atoms with E-state index in [2.05, 4.69) is 18.7 Å². The van der Waals surface area contributed by atoms with Gasteiger partial charge in [0.1, 0.15) is 6.54 Å². The van der Waals surface area contributed by atoms with Gasteiger partial charge >= 0.3 is 5.97 Å². The van der Waals surface area contributed by atoms with Gasteiger partial charge in [-0.1, -0.05) is 6.92 Å². The highest BCUT2D eigenvalue weighted by atomic mass is 16.4. The van der Waals surface area contributed by atoms with E-state index >= 15 is 0 Å². The summed E-state index contributed by atoms with van der Waals surface area (Å²) in [7, 11) is 0. The zero-order chi connectivity index (χ0) is 15.4. The Morgan fingerprint density at radius 1 is 1.25 bits per heavy atom. The smallest absolute Gasteiger partial charge is 0.323 e. The molecule has 4 unspecified atom stereocenters. The molecule has 20 heavy (non-hydrogen) atoms. The molecule has 1 aliphatic heterocycles. The predicted octanol–water partition coefficient (Wildman–Crippen LogP) is 1.96. The molecule has 1 N–H and O–H groups in total. The van der Waals surface area contributed by atoms with Crippen LogP contribution in [0.25, 0.3) is 0 Å². The molecule has 0 aromatic rings. The average Bonchev–Trinajstić information content (AvgIpc) is 2.72. The van der Waals surface area contributed by atoms with Crippen molar-refractivity contribution in [3.63, 3.8) is 0 Å². The Morgan fingerprint density at radius 2 is 1.75 bits per heavy atom. The van der Waals surface area contributed by atoms with E-state index in [0.29, 0.717) is 12.1 Å². The highest BCUT2D eigenvalue weighted by Crippen LogP contribution is 2.27. The maximum absolute atomic E-state index is 12.7. The van der Waals surface area contributed by atoms with Gasteiger partial charge in [0.25, 0.3) is 0 Å². The summed E-state index contributed by atoms with van der Waals surface area (Å²) < 4.78 is 0. The summed E-state index contributed by atoms with van der Waals surface area (Å²) in [6.07, 6.45) is 2.96.